The number of rotatable bonds is 2. The van der Waals surface area contributed by atoms with Gasteiger partial charge in [-0.1, -0.05) is 13.5 Å². The molecule has 98 valence electrons. The molecule has 1 saturated heterocycles. The monoisotopic (exact) mass is 250 g/mol. The van der Waals surface area contributed by atoms with Gasteiger partial charge in [0.2, 0.25) is 0 Å². The minimum absolute atomic E-state index is 0.0461. The number of carbonyl (C=O) groups excluding carboxylic acids is 2. The molecule has 0 spiro atoms. The average molecular weight is 250 g/mol. The van der Waals surface area contributed by atoms with Crippen LogP contribution in [0.4, 0.5) is 0 Å². The highest BCUT2D eigenvalue weighted by atomic mass is 16.6. The SMILES string of the molecule is C=C(C)C(=O)OC1C(C)C2CC1C1COC(=O)C21. The minimum atomic E-state index is -0.318. The van der Waals surface area contributed by atoms with Gasteiger partial charge in [-0.05, 0) is 25.2 Å². The summed E-state index contributed by atoms with van der Waals surface area (Å²) in [4.78, 5) is 23.3. The smallest absolute Gasteiger partial charge is 0.333 e. The Bertz CT molecular complexity index is 428. The summed E-state index contributed by atoms with van der Waals surface area (Å²) in [6.45, 7) is 7.84. The lowest BCUT2D eigenvalue weighted by Crippen LogP contribution is -2.40. The third kappa shape index (κ3) is 1.44. The standard InChI is InChI=1S/C14H18O4/c1-6(2)13(15)18-12-7(3)8-4-9(12)10-5-17-14(16)11(8)10/h7-12H,1,4-5H2,2-3H3. The van der Waals surface area contributed by atoms with Crippen molar-refractivity contribution in [2.45, 2.75) is 26.4 Å². The van der Waals surface area contributed by atoms with Gasteiger partial charge in [-0.2, -0.15) is 0 Å². The van der Waals surface area contributed by atoms with Crippen molar-refractivity contribution in [2.75, 3.05) is 6.61 Å². The normalized spacial score (nSPS) is 44.7. The summed E-state index contributed by atoms with van der Waals surface area (Å²) < 4.78 is 10.7. The van der Waals surface area contributed by atoms with Gasteiger partial charge in [0.1, 0.15) is 6.10 Å². The van der Waals surface area contributed by atoms with Crippen LogP contribution >= 0.6 is 0 Å². The molecule has 0 amide bonds. The van der Waals surface area contributed by atoms with Crippen molar-refractivity contribution in [3.8, 4) is 0 Å². The summed E-state index contributed by atoms with van der Waals surface area (Å²) in [6, 6.07) is 0. The topological polar surface area (TPSA) is 52.6 Å². The van der Waals surface area contributed by atoms with Gasteiger partial charge >= 0.3 is 11.9 Å². The highest BCUT2D eigenvalue weighted by Crippen LogP contribution is 2.58. The van der Waals surface area contributed by atoms with Gasteiger partial charge in [-0.25, -0.2) is 4.79 Å². The molecule has 0 N–H and O–H groups in total. The predicted octanol–water partition coefficient (Wildman–Crippen LogP) is 1.55. The molecule has 2 aliphatic carbocycles. The zero-order valence-electron chi connectivity index (χ0n) is 10.7. The van der Waals surface area contributed by atoms with Gasteiger partial charge < -0.3 is 9.47 Å². The molecule has 3 rings (SSSR count). The van der Waals surface area contributed by atoms with Gasteiger partial charge in [0.05, 0.1) is 12.5 Å². The molecule has 1 heterocycles. The van der Waals surface area contributed by atoms with Crippen molar-refractivity contribution < 1.29 is 19.1 Å². The Labute approximate surface area is 106 Å². The van der Waals surface area contributed by atoms with Gasteiger partial charge in [0.15, 0.2) is 0 Å². The second-order valence-corrected chi connectivity index (χ2v) is 5.89. The molecule has 2 bridgehead atoms. The largest absolute Gasteiger partial charge is 0.465 e. The predicted molar refractivity (Wildman–Crippen MR) is 63.4 cm³/mol. The zero-order valence-corrected chi connectivity index (χ0v) is 10.7. The second kappa shape index (κ2) is 3.84. The summed E-state index contributed by atoms with van der Waals surface area (Å²) in [5, 5.41) is 0. The van der Waals surface area contributed by atoms with Crippen LogP contribution in [0.2, 0.25) is 0 Å². The van der Waals surface area contributed by atoms with Crippen molar-refractivity contribution >= 4 is 11.9 Å². The molecule has 18 heavy (non-hydrogen) atoms. The Balaban J connectivity index is 1.78. The van der Waals surface area contributed by atoms with E-state index in [-0.39, 0.29) is 41.7 Å². The highest BCUT2D eigenvalue weighted by Gasteiger charge is 2.63. The van der Waals surface area contributed by atoms with Gasteiger partial charge in [0, 0.05) is 17.4 Å². The molecule has 0 aromatic carbocycles. The molecule has 0 radical (unpaired) electrons. The van der Waals surface area contributed by atoms with Crippen LogP contribution in [0, 0.1) is 29.6 Å². The Morgan fingerprint density at radius 2 is 2.11 bits per heavy atom. The van der Waals surface area contributed by atoms with E-state index in [1.165, 1.54) is 0 Å². The van der Waals surface area contributed by atoms with Gasteiger partial charge in [-0.3, -0.25) is 4.79 Å². The summed E-state index contributed by atoms with van der Waals surface area (Å²) in [5.74, 6) is 0.768. The maximum absolute atomic E-state index is 11.7. The molecule has 1 aliphatic heterocycles. The highest BCUT2D eigenvalue weighted by molar-refractivity contribution is 5.87. The van der Waals surface area contributed by atoms with E-state index in [0.29, 0.717) is 18.1 Å². The zero-order chi connectivity index (χ0) is 13.0. The average Bonchev–Trinajstić information content (AvgIpc) is 2.94. The summed E-state index contributed by atoms with van der Waals surface area (Å²) in [5.41, 5.74) is 0.431. The van der Waals surface area contributed by atoms with E-state index in [2.05, 4.69) is 13.5 Å². The van der Waals surface area contributed by atoms with Crippen molar-refractivity contribution in [1.29, 1.82) is 0 Å². The number of cyclic esters (lactones) is 1. The molecule has 0 aromatic heterocycles. The van der Waals surface area contributed by atoms with Crippen molar-refractivity contribution in [3.05, 3.63) is 12.2 Å². The first kappa shape index (κ1) is 11.8. The van der Waals surface area contributed by atoms with Crippen LogP contribution in [0.1, 0.15) is 20.3 Å². The molecule has 4 heteroatoms. The van der Waals surface area contributed by atoms with Crippen LogP contribution in [0.25, 0.3) is 0 Å². The number of ether oxygens (including phenoxy) is 2. The number of carbonyl (C=O) groups is 2. The summed E-state index contributed by atoms with van der Waals surface area (Å²) in [7, 11) is 0. The summed E-state index contributed by atoms with van der Waals surface area (Å²) in [6.07, 6.45) is 0.912. The van der Waals surface area contributed by atoms with Crippen LogP contribution in [-0.4, -0.2) is 24.6 Å². The first-order valence-corrected chi connectivity index (χ1v) is 6.54. The van der Waals surface area contributed by atoms with E-state index in [1.54, 1.807) is 6.92 Å². The van der Waals surface area contributed by atoms with Gasteiger partial charge in [0.25, 0.3) is 0 Å². The number of esters is 2. The molecular weight excluding hydrogens is 232 g/mol. The van der Waals surface area contributed by atoms with E-state index in [1.807, 2.05) is 0 Å². The fourth-order valence-electron chi connectivity index (χ4n) is 4.04. The third-order valence-corrected chi connectivity index (χ3v) is 4.91. The Hall–Kier alpha value is -1.32. The van der Waals surface area contributed by atoms with Crippen molar-refractivity contribution in [2.24, 2.45) is 29.6 Å². The second-order valence-electron chi connectivity index (χ2n) is 5.89. The fraction of sp³-hybridized carbons (Fsp3) is 0.714. The minimum Gasteiger partial charge on any atom is -0.465 e. The van der Waals surface area contributed by atoms with Crippen LogP contribution in [-0.2, 0) is 19.1 Å². The molecule has 0 aromatic rings. The lowest BCUT2D eigenvalue weighted by molar-refractivity contribution is -0.152. The quantitative estimate of drug-likeness (QED) is 0.551. The van der Waals surface area contributed by atoms with Crippen LogP contribution < -0.4 is 0 Å². The molecule has 6 unspecified atom stereocenters. The molecule has 3 fully saturated rings. The number of hydrogen-bond acceptors (Lipinski definition) is 4. The van der Waals surface area contributed by atoms with Gasteiger partial charge in [-0.15, -0.1) is 0 Å². The van der Waals surface area contributed by atoms with Crippen LogP contribution in [0.15, 0.2) is 12.2 Å². The van der Waals surface area contributed by atoms with E-state index in [0.717, 1.165) is 6.42 Å². The van der Waals surface area contributed by atoms with Crippen molar-refractivity contribution in [3.63, 3.8) is 0 Å². The molecule has 3 aliphatic rings. The van der Waals surface area contributed by atoms with E-state index in [9.17, 15) is 9.59 Å². The lowest BCUT2D eigenvalue weighted by Gasteiger charge is -2.33. The molecular formula is C14H18O4. The van der Waals surface area contributed by atoms with Crippen LogP contribution in [0.3, 0.4) is 0 Å². The number of fused-ring (bicyclic) bond motifs is 5. The fourth-order valence-corrected chi connectivity index (χ4v) is 4.04. The first-order valence-electron chi connectivity index (χ1n) is 6.54. The number of hydrogen-bond donors (Lipinski definition) is 0. The summed E-state index contributed by atoms with van der Waals surface area (Å²) >= 11 is 0. The Morgan fingerprint density at radius 3 is 2.78 bits per heavy atom. The maximum Gasteiger partial charge on any atom is 0.333 e. The molecule has 2 saturated carbocycles. The van der Waals surface area contributed by atoms with E-state index >= 15 is 0 Å². The maximum atomic E-state index is 11.7. The van der Waals surface area contributed by atoms with E-state index in [4.69, 9.17) is 9.47 Å². The van der Waals surface area contributed by atoms with Crippen molar-refractivity contribution in [1.82, 2.24) is 0 Å². The van der Waals surface area contributed by atoms with E-state index < -0.39 is 0 Å². The molecule has 4 nitrogen and oxygen atoms in total. The first-order chi connectivity index (χ1) is 8.50. The Kier molecular flexibility index (Phi) is 2.50. The Morgan fingerprint density at radius 1 is 1.39 bits per heavy atom. The van der Waals surface area contributed by atoms with Crippen LogP contribution in [0.5, 0.6) is 0 Å². The third-order valence-electron chi connectivity index (χ3n) is 4.91. The molecule has 6 atom stereocenters. The lowest BCUT2D eigenvalue weighted by atomic mass is 9.74.